The van der Waals surface area contributed by atoms with Crippen molar-refractivity contribution in [2.45, 2.75) is 19.9 Å². The Morgan fingerprint density at radius 2 is 1.95 bits per heavy atom. The average molecular weight is 258 g/mol. The maximum absolute atomic E-state index is 12.0. The number of hydrogen-bond acceptors (Lipinski definition) is 3. The third kappa shape index (κ3) is 2.88. The van der Waals surface area contributed by atoms with Crippen molar-refractivity contribution in [1.29, 1.82) is 0 Å². The number of carbonyl (C=O) groups is 1. The fourth-order valence-electron chi connectivity index (χ4n) is 1.90. The molecule has 0 aliphatic heterocycles. The van der Waals surface area contributed by atoms with Crippen molar-refractivity contribution in [3.05, 3.63) is 63.8 Å². The molecule has 0 unspecified atom stereocenters. The fourth-order valence-corrected chi connectivity index (χ4v) is 1.90. The molecule has 0 saturated carbocycles. The number of carboxylic acid groups (broad SMARTS) is 1. The van der Waals surface area contributed by atoms with E-state index in [2.05, 4.69) is 4.98 Å². The fraction of sp³-hybridized carbons (Fsp3) is 0.214. The lowest BCUT2D eigenvalue weighted by atomic mass is 10.2. The number of aromatic nitrogens is 2. The molecule has 0 radical (unpaired) electrons. The van der Waals surface area contributed by atoms with Gasteiger partial charge in [0.15, 0.2) is 0 Å². The number of rotatable bonds is 4. The molecule has 0 spiro atoms. The molecule has 0 fully saturated rings. The molecule has 0 amide bonds. The molecule has 2 aromatic rings. The molecular formula is C14H14N2O3. The monoisotopic (exact) mass is 258 g/mol. The van der Waals surface area contributed by atoms with E-state index in [1.54, 1.807) is 25.4 Å². The number of pyridine rings is 2. The highest BCUT2D eigenvalue weighted by molar-refractivity contribution is 5.87. The SMILES string of the molecule is Cc1ccc(C(=O)O)c(=O)n1CCc1ccncc1. The van der Waals surface area contributed by atoms with Crippen LogP contribution in [0.25, 0.3) is 0 Å². The number of nitrogens with zero attached hydrogens (tertiary/aromatic N) is 2. The Bertz CT molecular complexity index is 647. The third-order valence-corrected chi connectivity index (χ3v) is 3.00. The van der Waals surface area contributed by atoms with Gasteiger partial charge in [0.25, 0.3) is 5.56 Å². The molecule has 0 bridgehead atoms. The van der Waals surface area contributed by atoms with E-state index in [0.29, 0.717) is 13.0 Å². The molecule has 19 heavy (non-hydrogen) atoms. The number of aromatic carboxylic acids is 1. The van der Waals surface area contributed by atoms with Crippen molar-refractivity contribution in [3.8, 4) is 0 Å². The standard InChI is InChI=1S/C14H14N2O3/c1-10-2-3-12(14(18)19)13(17)16(10)9-6-11-4-7-15-8-5-11/h2-5,7-8H,6,9H2,1H3,(H,18,19). The van der Waals surface area contributed by atoms with Gasteiger partial charge in [-0.05, 0) is 43.2 Å². The summed E-state index contributed by atoms with van der Waals surface area (Å²) in [6.07, 6.45) is 4.05. The summed E-state index contributed by atoms with van der Waals surface area (Å²) >= 11 is 0. The predicted octanol–water partition coefficient (Wildman–Crippen LogP) is 1.49. The van der Waals surface area contributed by atoms with E-state index in [9.17, 15) is 9.59 Å². The van der Waals surface area contributed by atoms with Crippen molar-refractivity contribution in [1.82, 2.24) is 9.55 Å². The second-order valence-corrected chi connectivity index (χ2v) is 4.26. The molecule has 0 aliphatic rings. The highest BCUT2D eigenvalue weighted by Gasteiger charge is 2.12. The minimum atomic E-state index is -1.19. The quantitative estimate of drug-likeness (QED) is 0.901. The Morgan fingerprint density at radius 3 is 2.58 bits per heavy atom. The predicted molar refractivity (Wildman–Crippen MR) is 70.3 cm³/mol. The first kappa shape index (κ1) is 13.0. The van der Waals surface area contributed by atoms with Crippen molar-refractivity contribution in [2.75, 3.05) is 0 Å². The highest BCUT2D eigenvalue weighted by Crippen LogP contribution is 2.03. The van der Waals surface area contributed by atoms with Gasteiger partial charge in [-0.15, -0.1) is 0 Å². The summed E-state index contributed by atoms with van der Waals surface area (Å²) in [4.78, 5) is 26.9. The summed E-state index contributed by atoms with van der Waals surface area (Å²) in [5, 5.41) is 8.94. The molecule has 0 saturated heterocycles. The molecule has 0 aliphatic carbocycles. The molecule has 2 rings (SSSR count). The Kier molecular flexibility index (Phi) is 3.75. The smallest absolute Gasteiger partial charge is 0.341 e. The van der Waals surface area contributed by atoms with Crippen LogP contribution in [0.4, 0.5) is 0 Å². The lowest BCUT2D eigenvalue weighted by Gasteiger charge is -2.10. The van der Waals surface area contributed by atoms with Crippen LogP contribution < -0.4 is 5.56 Å². The van der Waals surface area contributed by atoms with Crippen molar-refractivity contribution in [3.63, 3.8) is 0 Å². The van der Waals surface area contributed by atoms with Crippen LogP contribution in [-0.4, -0.2) is 20.6 Å². The highest BCUT2D eigenvalue weighted by atomic mass is 16.4. The van der Waals surface area contributed by atoms with Crippen LogP contribution in [0.2, 0.25) is 0 Å². The molecule has 2 aromatic heterocycles. The largest absolute Gasteiger partial charge is 0.477 e. The first-order chi connectivity index (χ1) is 9.09. The molecule has 2 heterocycles. The molecule has 5 heteroatoms. The van der Waals surface area contributed by atoms with Crippen LogP contribution in [-0.2, 0) is 13.0 Å². The van der Waals surface area contributed by atoms with Gasteiger partial charge in [-0.1, -0.05) is 0 Å². The van der Waals surface area contributed by atoms with E-state index in [4.69, 9.17) is 5.11 Å². The number of aryl methyl sites for hydroxylation is 2. The van der Waals surface area contributed by atoms with Gasteiger partial charge in [-0.2, -0.15) is 0 Å². The van der Waals surface area contributed by atoms with Gasteiger partial charge in [0.1, 0.15) is 5.56 Å². The molecule has 5 nitrogen and oxygen atoms in total. The van der Waals surface area contributed by atoms with Gasteiger partial charge in [0.05, 0.1) is 0 Å². The minimum absolute atomic E-state index is 0.194. The molecule has 98 valence electrons. The second-order valence-electron chi connectivity index (χ2n) is 4.26. The Hall–Kier alpha value is -2.43. The van der Waals surface area contributed by atoms with Crippen LogP contribution in [0.3, 0.4) is 0 Å². The normalized spacial score (nSPS) is 10.4. The first-order valence-corrected chi connectivity index (χ1v) is 5.92. The van der Waals surface area contributed by atoms with Gasteiger partial charge in [0, 0.05) is 24.6 Å². The Labute approximate surface area is 110 Å². The summed E-state index contributed by atoms with van der Waals surface area (Å²) in [5.74, 6) is -1.19. The van der Waals surface area contributed by atoms with E-state index >= 15 is 0 Å². The molecule has 0 atom stereocenters. The van der Waals surface area contributed by atoms with E-state index in [0.717, 1.165) is 11.3 Å². The lowest BCUT2D eigenvalue weighted by Crippen LogP contribution is -2.28. The lowest BCUT2D eigenvalue weighted by molar-refractivity contribution is 0.0694. The van der Waals surface area contributed by atoms with Gasteiger partial charge in [-0.3, -0.25) is 9.78 Å². The summed E-state index contributed by atoms with van der Waals surface area (Å²) in [6.45, 7) is 2.25. The van der Waals surface area contributed by atoms with E-state index < -0.39 is 11.5 Å². The first-order valence-electron chi connectivity index (χ1n) is 5.92. The number of carboxylic acids is 1. The van der Waals surface area contributed by atoms with E-state index in [1.165, 1.54) is 10.6 Å². The van der Waals surface area contributed by atoms with Gasteiger partial charge < -0.3 is 9.67 Å². The second kappa shape index (κ2) is 5.48. The molecule has 1 N–H and O–H groups in total. The zero-order valence-electron chi connectivity index (χ0n) is 10.5. The third-order valence-electron chi connectivity index (χ3n) is 3.00. The van der Waals surface area contributed by atoms with E-state index in [-0.39, 0.29) is 5.56 Å². The van der Waals surface area contributed by atoms with Crippen LogP contribution in [0.5, 0.6) is 0 Å². The zero-order chi connectivity index (χ0) is 13.8. The van der Waals surface area contributed by atoms with Crippen LogP contribution >= 0.6 is 0 Å². The zero-order valence-corrected chi connectivity index (χ0v) is 10.5. The summed E-state index contributed by atoms with van der Waals surface area (Å²) in [7, 11) is 0. The van der Waals surface area contributed by atoms with E-state index in [1.807, 2.05) is 12.1 Å². The van der Waals surface area contributed by atoms with Gasteiger partial charge in [-0.25, -0.2) is 4.79 Å². The van der Waals surface area contributed by atoms with Gasteiger partial charge in [0.2, 0.25) is 0 Å². The summed E-state index contributed by atoms with van der Waals surface area (Å²) in [5.41, 5.74) is 1.16. The van der Waals surface area contributed by atoms with Crippen LogP contribution in [0.15, 0.2) is 41.5 Å². The minimum Gasteiger partial charge on any atom is -0.477 e. The maximum Gasteiger partial charge on any atom is 0.341 e. The summed E-state index contributed by atoms with van der Waals surface area (Å²) < 4.78 is 1.49. The van der Waals surface area contributed by atoms with Crippen LogP contribution in [0, 0.1) is 6.92 Å². The van der Waals surface area contributed by atoms with Crippen molar-refractivity contribution >= 4 is 5.97 Å². The van der Waals surface area contributed by atoms with Crippen LogP contribution in [0.1, 0.15) is 21.6 Å². The Balaban J connectivity index is 2.28. The topological polar surface area (TPSA) is 72.2 Å². The van der Waals surface area contributed by atoms with Gasteiger partial charge >= 0.3 is 5.97 Å². The van der Waals surface area contributed by atoms with Crippen molar-refractivity contribution < 1.29 is 9.90 Å². The molecular weight excluding hydrogens is 244 g/mol. The average Bonchev–Trinajstić information content (AvgIpc) is 2.39. The summed E-state index contributed by atoms with van der Waals surface area (Å²) in [6, 6.07) is 6.75. The molecule has 0 aromatic carbocycles. The Morgan fingerprint density at radius 1 is 1.26 bits per heavy atom. The van der Waals surface area contributed by atoms with Crippen molar-refractivity contribution in [2.24, 2.45) is 0 Å². The number of hydrogen-bond donors (Lipinski definition) is 1. The maximum atomic E-state index is 12.0.